The number of piperazine rings is 1. The molecular weight excluding hydrogens is 366 g/mol. The van der Waals surface area contributed by atoms with Crippen molar-refractivity contribution in [3.05, 3.63) is 34.4 Å². The smallest absolute Gasteiger partial charge is 0.229 e. The van der Waals surface area contributed by atoms with Crippen molar-refractivity contribution < 1.29 is 9.32 Å². The SMILES string of the molecule is Cc1noc(Cl)c1CCC(=O)N1CCN(Cc2cnn(C(C)(C)C)c2)CC1. The highest BCUT2D eigenvalue weighted by molar-refractivity contribution is 6.29. The van der Waals surface area contributed by atoms with Gasteiger partial charge in [0.15, 0.2) is 0 Å². The molecule has 0 N–H and O–H groups in total. The molecule has 8 heteroatoms. The summed E-state index contributed by atoms with van der Waals surface area (Å²) in [6.07, 6.45) is 5.05. The second-order valence-electron chi connectivity index (χ2n) is 8.14. The predicted molar refractivity (Wildman–Crippen MR) is 104 cm³/mol. The molecule has 1 aliphatic rings. The molecule has 0 unspecified atom stereocenters. The van der Waals surface area contributed by atoms with Crippen LogP contribution in [0.15, 0.2) is 16.9 Å². The first-order chi connectivity index (χ1) is 12.7. The molecule has 0 atom stereocenters. The molecule has 1 saturated heterocycles. The first-order valence-corrected chi connectivity index (χ1v) is 9.76. The number of amides is 1. The number of halogens is 1. The summed E-state index contributed by atoms with van der Waals surface area (Å²) < 4.78 is 6.94. The maximum atomic E-state index is 12.5. The topological polar surface area (TPSA) is 67.4 Å². The summed E-state index contributed by atoms with van der Waals surface area (Å²) in [4.78, 5) is 16.8. The summed E-state index contributed by atoms with van der Waals surface area (Å²) in [5, 5.41) is 8.58. The number of carbonyl (C=O) groups excluding carboxylic acids is 1. The lowest BCUT2D eigenvalue weighted by Crippen LogP contribution is -2.48. The first-order valence-electron chi connectivity index (χ1n) is 9.39. The highest BCUT2D eigenvalue weighted by atomic mass is 35.5. The Morgan fingerprint density at radius 2 is 1.96 bits per heavy atom. The second kappa shape index (κ2) is 8.02. The van der Waals surface area contributed by atoms with Crippen LogP contribution in [0.4, 0.5) is 0 Å². The van der Waals surface area contributed by atoms with Gasteiger partial charge in [-0.2, -0.15) is 5.10 Å². The van der Waals surface area contributed by atoms with Crippen molar-refractivity contribution in [2.24, 2.45) is 0 Å². The Hall–Kier alpha value is -1.86. The van der Waals surface area contributed by atoms with E-state index in [9.17, 15) is 4.79 Å². The van der Waals surface area contributed by atoms with Gasteiger partial charge >= 0.3 is 0 Å². The van der Waals surface area contributed by atoms with Crippen LogP contribution in [-0.2, 0) is 23.3 Å². The van der Waals surface area contributed by atoms with E-state index in [1.54, 1.807) is 0 Å². The number of rotatable bonds is 5. The van der Waals surface area contributed by atoms with Crippen LogP contribution < -0.4 is 0 Å². The Bertz CT molecular complexity index is 765. The Kier molecular flexibility index (Phi) is 5.91. The van der Waals surface area contributed by atoms with Gasteiger partial charge in [0.2, 0.25) is 11.1 Å². The van der Waals surface area contributed by atoms with Crippen LogP contribution >= 0.6 is 11.6 Å². The quantitative estimate of drug-likeness (QED) is 0.781. The zero-order chi connectivity index (χ0) is 19.6. The van der Waals surface area contributed by atoms with E-state index in [4.69, 9.17) is 16.1 Å². The van der Waals surface area contributed by atoms with Crippen LogP contribution in [0.5, 0.6) is 0 Å². The van der Waals surface area contributed by atoms with Crippen molar-refractivity contribution in [2.75, 3.05) is 26.2 Å². The van der Waals surface area contributed by atoms with E-state index >= 15 is 0 Å². The molecule has 0 aromatic carbocycles. The maximum absolute atomic E-state index is 12.5. The third-order valence-corrected chi connectivity index (χ3v) is 5.28. The maximum Gasteiger partial charge on any atom is 0.229 e. The fourth-order valence-corrected chi connectivity index (χ4v) is 3.52. The van der Waals surface area contributed by atoms with E-state index in [0.717, 1.165) is 44.0 Å². The molecule has 148 valence electrons. The largest absolute Gasteiger partial charge is 0.344 e. The number of carbonyl (C=O) groups is 1. The van der Waals surface area contributed by atoms with Gasteiger partial charge in [-0.25, -0.2) is 0 Å². The van der Waals surface area contributed by atoms with Crippen molar-refractivity contribution in [1.82, 2.24) is 24.7 Å². The van der Waals surface area contributed by atoms with Crippen LogP contribution in [-0.4, -0.2) is 56.8 Å². The summed E-state index contributed by atoms with van der Waals surface area (Å²) in [5.41, 5.74) is 2.80. The van der Waals surface area contributed by atoms with E-state index in [1.807, 2.05) is 22.7 Å². The summed E-state index contributed by atoms with van der Waals surface area (Å²) in [7, 11) is 0. The zero-order valence-electron chi connectivity index (χ0n) is 16.5. The fourth-order valence-electron chi connectivity index (χ4n) is 3.25. The minimum absolute atomic E-state index is 0.00484. The molecule has 1 fully saturated rings. The molecule has 0 aliphatic carbocycles. The van der Waals surface area contributed by atoms with Gasteiger partial charge in [0, 0.05) is 56.5 Å². The lowest BCUT2D eigenvalue weighted by Gasteiger charge is -2.34. The standard InChI is InChI=1S/C19H28ClN5O2/c1-14-16(18(20)27-22-14)5-6-17(26)24-9-7-23(8-10-24)12-15-11-21-25(13-15)19(2,3)4/h11,13H,5-10,12H2,1-4H3. The van der Waals surface area contributed by atoms with E-state index in [0.29, 0.717) is 18.1 Å². The molecule has 3 heterocycles. The molecule has 1 amide bonds. The Morgan fingerprint density at radius 3 is 2.52 bits per heavy atom. The van der Waals surface area contributed by atoms with Gasteiger partial charge in [-0.05, 0) is 45.7 Å². The molecule has 0 saturated carbocycles. The molecule has 2 aromatic heterocycles. The van der Waals surface area contributed by atoms with Crippen molar-refractivity contribution >= 4 is 17.5 Å². The number of hydrogen-bond donors (Lipinski definition) is 0. The van der Waals surface area contributed by atoms with Crippen molar-refractivity contribution in [2.45, 2.75) is 52.6 Å². The van der Waals surface area contributed by atoms with E-state index in [2.05, 4.69) is 42.1 Å². The molecule has 0 bridgehead atoms. The second-order valence-corrected chi connectivity index (χ2v) is 8.48. The van der Waals surface area contributed by atoms with E-state index < -0.39 is 0 Å². The van der Waals surface area contributed by atoms with Gasteiger partial charge in [-0.3, -0.25) is 14.4 Å². The van der Waals surface area contributed by atoms with E-state index in [1.165, 1.54) is 5.56 Å². The van der Waals surface area contributed by atoms with Crippen LogP contribution in [0, 0.1) is 6.92 Å². The van der Waals surface area contributed by atoms with Crippen molar-refractivity contribution in [3.63, 3.8) is 0 Å². The monoisotopic (exact) mass is 393 g/mol. The molecule has 0 spiro atoms. The molecular formula is C19H28ClN5O2. The summed E-state index contributed by atoms with van der Waals surface area (Å²) in [6.45, 7) is 12.4. The molecule has 1 aliphatic heterocycles. The number of aryl methyl sites for hydroxylation is 1. The van der Waals surface area contributed by atoms with Crippen LogP contribution in [0.1, 0.15) is 44.0 Å². The molecule has 27 heavy (non-hydrogen) atoms. The van der Waals surface area contributed by atoms with Crippen molar-refractivity contribution in [1.29, 1.82) is 0 Å². The van der Waals surface area contributed by atoms with E-state index in [-0.39, 0.29) is 11.4 Å². The van der Waals surface area contributed by atoms with Gasteiger partial charge in [0.1, 0.15) is 0 Å². The molecule has 2 aromatic rings. The van der Waals surface area contributed by atoms with Crippen LogP contribution in [0.25, 0.3) is 0 Å². The van der Waals surface area contributed by atoms with Gasteiger partial charge in [-0.1, -0.05) is 5.16 Å². The van der Waals surface area contributed by atoms with Crippen LogP contribution in [0.2, 0.25) is 5.22 Å². The van der Waals surface area contributed by atoms with Crippen molar-refractivity contribution in [3.8, 4) is 0 Å². The minimum atomic E-state index is -0.00484. The average Bonchev–Trinajstić information content (AvgIpc) is 3.21. The average molecular weight is 394 g/mol. The summed E-state index contributed by atoms with van der Waals surface area (Å²) >= 11 is 5.97. The molecule has 3 rings (SSSR count). The number of nitrogens with zero attached hydrogens (tertiary/aromatic N) is 5. The first kappa shape index (κ1) is 19.9. The highest BCUT2D eigenvalue weighted by Crippen LogP contribution is 2.21. The lowest BCUT2D eigenvalue weighted by atomic mass is 10.1. The number of aromatic nitrogens is 3. The van der Waals surface area contributed by atoms with Gasteiger partial charge in [-0.15, -0.1) is 0 Å². The third kappa shape index (κ3) is 4.90. The van der Waals surface area contributed by atoms with Gasteiger partial charge in [0.05, 0.1) is 17.4 Å². The Balaban J connectivity index is 1.45. The Morgan fingerprint density at radius 1 is 1.26 bits per heavy atom. The highest BCUT2D eigenvalue weighted by Gasteiger charge is 2.23. The fraction of sp³-hybridized carbons (Fsp3) is 0.632. The molecule has 0 radical (unpaired) electrons. The lowest BCUT2D eigenvalue weighted by molar-refractivity contribution is -0.133. The predicted octanol–water partition coefficient (Wildman–Crippen LogP) is 2.86. The van der Waals surface area contributed by atoms with Crippen LogP contribution in [0.3, 0.4) is 0 Å². The summed E-state index contributed by atoms with van der Waals surface area (Å²) in [5.74, 6) is 0.159. The Labute approximate surface area is 165 Å². The van der Waals surface area contributed by atoms with Gasteiger partial charge < -0.3 is 9.42 Å². The minimum Gasteiger partial charge on any atom is -0.344 e. The molecule has 7 nitrogen and oxygen atoms in total. The zero-order valence-corrected chi connectivity index (χ0v) is 17.3. The van der Waals surface area contributed by atoms with Gasteiger partial charge in [0.25, 0.3) is 0 Å². The summed E-state index contributed by atoms with van der Waals surface area (Å²) in [6, 6.07) is 0. The number of hydrogen-bond acceptors (Lipinski definition) is 5. The normalized spacial score (nSPS) is 16.1. The third-order valence-electron chi connectivity index (χ3n) is 4.98.